The van der Waals surface area contributed by atoms with Crippen LogP contribution >= 0.6 is 0 Å². The molecular formula is C11H13FO5S. The number of aryl methyl sites for hydroxylation is 1. The van der Waals surface area contributed by atoms with Crippen LogP contribution in [0.15, 0.2) is 18.2 Å². The summed E-state index contributed by atoms with van der Waals surface area (Å²) in [4.78, 5) is 0. The predicted molar refractivity (Wildman–Crippen MR) is 61.9 cm³/mol. The van der Waals surface area contributed by atoms with Gasteiger partial charge in [0.05, 0.1) is 6.61 Å². The zero-order valence-corrected chi connectivity index (χ0v) is 10.2. The molecule has 7 heteroatoms. The molecule has 18 heavy (non-hydrogen) atoms. The van der Waals surface area contributed by atoms with Crippen LogP contribution in [0.25, 0.3) is 0 Å². The van der Waals surface area contributed by atoms with Gasteiger partial charge in [-0.3, -0.25) is 8.74 Å². The Morgan fingerprint density at radius 2 is 2.39 bits per heavy atom. The lowest BCUT2D eigenvalue weighted by atomic mass is 9.99. The Hall–Kier alpha value is -1.02. The van der Waals surface area contributed by atoms with Gasteiger partial charge in [-0.1, -0.05) is 0 Å². The van der Waals surface area contributed by atoms with Crippen molar-refractivity contribution in [2.24, 2.45) is 0 Å². The maximum atomic E-state index is 13.0. The molecule has 5 nitrogen and oxygen atoms in total. The van der Waals surface area contributed by atoms with Crippen molar-refractivity contribution in [3.05, 3.63) is 29.6 Å². The third-order valence-corrected chi connectivity index (χ3v) is 3.11. The van der Waals surface area contributed by atoms with E-state index in [0.717, 1.165) is 5.56 Å². The van der Waals surface area contributed by atoms with Gasteiger partial charge >= 0.3 is 11.4 Å². The van der Waals surface area contributed by atoms with Gasteiger partial charge in [0.15, 0.2) is 0 Å². The van der Waals surface area contributed by atoms with Crippen molar-refractivity contribution in [2.45, 2.75) is 25.0 Å². The summed E-state index contributed by atoms with van der Waals surface area (Å²) in [5.74, 6) is 0.201. The van der Waals surface area contributed by atoms with Gasteiger partial charge in [0.25, 0.3) is 0 Å². The first-order chi connectivity index (χ1) is 8.56. The molecule has 2 N–H and O–H groups in total. The monoisotopic (exact) mass is 276 g/mol. The topological polar surface area (TPSA) is 76.0 Å². The van der Waals surface area contributed by atoms with Crippen molar-refractivity contribution >= 4 is 11.4 Å². The van der Waals surface area contributed by atoms with Crippen molar-refractivity contribution < 1.29 is 27.2 Å². The van der Waals surface area contributed by atoms with Crippen LogP contribution in [0.4, 0.5) is 4.39 Å². The molecule has 0 aromatic heterocycles. The summed E-state index contributed by atoms with van der Waals surface area (Å²) in [5.41, 5.74) is 0.755. The van der Waals surface area contributed by atoms with Crippen LogP contribution in [0, 0.1) is 5.82 Å². The van der Waals surface area contributed by atoms with Gasteiger partial charge in [-0.2, -0.15) is 4.21 Å². The number of benzene rings is 1. The minimum absolute atomic E-state index is 0.287. The van der Waals surface area contributed by atoms with E-state index in [2.05, 4.69) is 4.18 Å². The molecule has 0 radical (unpaired) electrons. The van der Waals surface area contributed by atoms with Gasteiger partial charge in [-0.05, 0) is 36.6 Å². The molecule has 1 aliphatic rings. The van der Waals surface area contributed by atoms with E-state index in [9.17, 15) is 13.7 Å². The van der Waals surface area contributed by atoms with Crippen molar-refractivity contribution in [2.75, 3.05) is 6.61 Å². The molecule has 3 atom stereocenters. The maximum Gasteiger partial charge on any atom is 0.301 e. The Labute approximate surface area is 106 Å². The average Bonchev–Trinajstić information content (AvgIpc) is 2.35. The Kier molecular flexibility index (Phi) is 4.28. The number of ether oxygens (including phenoxy) is 1. The molecule has 0 saturated heterocycles. The summed E-state index contributed by atoms with van der Waals surface area (Å²) in [5, 5.41) is 9.73. The summed E-state index contributed by atoms with van der Waals surface area (Å²) in [7, 11) is 0. The van der Waals surface area contributed by atoms with E-state index in [0.29, 0.717) is 18.6 Å². The normalized spacial score (nSPS) is 21.8. The van der Waals surface area contributed by atoms with Gasteiger partial charge in [-0.15, -0.1) is 0 Å². The van der Waals surface area contributed by atoms with Crippen LogP contribution in [0.2, 0.25) is 0 Å². The molecule has 1 aromatic rings. The second-order valence-corrected chi connectivity index (χ2v) is 4.69. The van der Waals surface area contributed by atoms with Crippen molar-refractivity contribution in [3.8, 4) is 5.75 Å². The molecule has 0 aliphatic carbocycles. The molecule has 1 unspecified atom stereocenters. The van der Waals surface area contributed by atoms with E-state index in [4.69, 9.17) is 9.29 Å². The van der Waals surface area contributed by atoms with E-state index >= 15 is 0 Å². The fourth-order valence-corrected chi connectivity index (χ4v) is 2.14. The lowest BCUT2D eigenvalue weighted by Gasteiger charge is -2.29. The van der Waals surface area contributed by atoms with Crippen LogP contribution in [0.1, 0.15) is 12.0 Å². The minimum Gasteiger partial charge on any atom is -0.487 e. The molecule has 0 fully saturated rings. The third-order valence-electron chi connectivity index (χ3n) is 2.77. The highest BCUT2D eigenvalue weighted by molar-refractivity contribution is 7.74. The second kappa shape index (κ2) is 5.75. The number of rotatable bonds is 4. The Morgan fingerprint density at radius 1 is 1.61 bits per heavy atom. The molecule has 100 valence electrons. The highest BCUT2D eigenvalue weighted by Gasteiger charge is 2.27. The molecule has 0 bridgehead atoms. The average molecular weight is 276 g/mol. The zero-order valence-electron chi connectivity index (χ0n) is 9.41. The largest absolute Gasteiger partial charge is 0.487 e. The summed E-state index contributed by atoms with van der Waals surface area (Å²) in [6, 6.07) is 4.19. The van der Waals surface area contributed by atoms with E-state index < -0.39 is 23.6 Å². The van der Waals surface area contributed by atoms with Gasteiger partial charge in [0.2, 0.25) is 0 Å². The third kappa shape index (κ3) is 3.26. The standard InChI is InChI=1S/C11H13FO5S/c12-8-2-4-10-7(5-8)1-3-11(17-10)9(13)6-16-18(14)15/h2,4-5,9,11,13H,1,3,6H2,(H,14,15)/t9-,11+/m1/s1. The van der Waals surface area contributed by atoms with Crippen LogP contribution in [0.5, 0.6) is 5.75 Å². The summed E-state index contributed by atoms with van der Waals surface area (Å²) >= 11 is -2.40. The molecule has 0 spiro atoms. The molecule has 1 heterocycles. The smallest absolute Gasteiger partial charge is 0.301 e. The quantitative estimate of drug-likeness (QED) is 0.803. The van der Waals surface area contributed by atoms with Crippen LogP contribution in [0.3, 0.4) is 0 Å². The van der Waals surface area contributed by atoms with E-state index in [1.807, 2.05) is 0 Å². The van der Waals surface area contributed by atoms with Gasteiger partial charge in [0, 0.05) is 0 Å². The number of halogens is 1. The molecular weight excluding hydrogens is 263 g/mol. The molecule has 0 saturated carbocycles. The Morgan fingerprint density at radius 3 is 3.11 bits per heavy atom. The van der Waals surface area contributed by atoms with E-state index in [1.165, 1.54) is 18.2 Å². The Bertz CT molecular complexity index is 453. The van der Waals surface area contributed by atoms with Gasteiger partial charge in [-0.25, -0.2) is 4.39 Å². The van der Waals surface area contributed by atoms with Crippen molar-refractivity contribution in [1.82, 2.24) is 0 Å². The minimum atomic E-state index is -2.40. The van der Waals surface area contributed by atoms with Crippen LogP contribution in [-0.4, -0.2) is 32.7 Å². The highest BCUT2D eigenvalue weighted by Crippen LogP contribution is 2.29. The first-order valence-corrected chi connectivity index (χ1v) is 6.46. The van der Waals surface area contributed by atoms with E-state index in [-0.39, 0.29) is 12.4 Å². The Balaban J connectivity index is 1.98. The highest BCUT2D eigenvalue weighted by atomic mass is 32.2. The number of hydrogen-bond acceptors (Lipinski definition) is 4. The molecule has 0 amide bonds. The fourth-order valence-electron chi connectivity index (χ4n) is 1.88. The lowest BCUT2D eigenvalue weighted by Crippen LogP contribution is -2.38. The van der Waals surface area contributed by atoms with Gasteiger partial charge in [0.1, 0.15) is 23.8 Å². The van der Waals surface area contributed by atoms with Crippen LogP contribution in [-0.2, 0) is 22.0 Å². The molecule has 1 aromatic carbocycles. The molecule has 1 aliphatic heterocycles. The lowest BCUT2D eigenvalue weighted by molar-refractivity contribution is -0.00238. The van der Waals surface area contributed by atoms with Gasteiger partial charge < -0.3 is 9.84 Å². The van der Waals surface area contributed by atoms with E-state index in [1.54, 1.807) is 0 Å². The maximum absolute atomic E-state index is 13.0. The summed E-state index contributed by atoms with van der Waals surface area (Å²) < 4.78 is 41.6. The SMILES string of the molecule is O=S(O)OC[C@@H](O)[C@@H]1CCc2cc(F)ccc2O1. The fraction of sp³-hybridized carbons (Fsp3) is 0.455. The first-order valence-electron chi connectivity index (χ1n) is 5.43. The van der Waals surface area contributed by atoms with Crippen molar-refractivity contribution in [1.29, 1.82) is 0 Å². The summed E-state index contributed by atoms with van der Waals surface area (Å²) in [6.07, 6.45) is -0.443. The predicted octanol–water partition coefficient (Wildman–Crippen LogP) is 1.03. The number of hydrogen-bond donors (Lipinski definition) is 2. The zero-order chi connectivity index (χ0) is 13.1. The second-order valence-electron chi connectivity index (χ2n) is 4.02. The number of fused-ring (bicyclic) bond motifs is 1. The van der Waals surface area contributed by atoms with Crippen molar-refractivity contribution in [3.63, 3.8) is 0 Å². The number of aliphatic hydroxyl groups is 1. The molecule has 2 rings (SSSR count). The van der Waals surface area contributed by atoms with Crippen LogP contribution < -0.4 is 4.74 Å². The summed E-state index contributed by atoms with van der Waals surface area (Å²) in [6.45, 7) is -0.287. The first kappa shape index (κ1) is 13.4. The number of aliphatic hydroxyl groups excluding tert-OH is 1.